The van der Waals surface area contributed by atoms with E-state index in [2.05, 4.69) is 9.97 Å². The Morgan fingerprint density at radius 1 is 1.22 bits per heavy atom. The number of rotatable bonds is 4. The number of hydrogen-bond donors (Lipinski definition) is 0. The van der Waals surface area contributed by atoms with E-state index in [-0.39, 0.29) is 5.28 Å². The lowest BCUT2D eigenvalue weighted by Gasteiger charge is -2.06. The van der Waals surface area contributed by atoms with Crippen molar-refractivity contribution in [2.45, 2.75) is 13.8 Å². The van der Waals surface area contributed by atoms with Crippen molar-refractivity contribution in [2.75, 3.05) is 20.3 Å². The molecule has 0 amide bonds. The van der Waals surface area contributed by atoms with Crippen molar-refractivity contribution >= 4 is 22.5 Å². The number of fused-ring (bicyclic) bond motifs is 1. The van der Waals surface area contributed by atoms with Gasteiger partial charge in [0.15, 0.2) is 0 Å². The number of hydrogen-bond acceptors (Lipinski definition) is 4. The Morgan fingerprint density at radius 3 is 2.72 bits per heavy atom. The fourth-order valence-corrected chi connectivity index (χ4v) is 1.46. The third kappa shape index (κ3) is 4.13. The van der Waals surface area contributed by atoms with Crippen LogP contribution in [0.25, 0.3) is 10.9 Å². The molecule has 4 nitrogen and oxygen atoms in total. The third-order valence-electron chi connectivity index (χ3n) is 2.08. The summed E-state index contributed by atoms with van der Waals surface area (Å²) in [6.07, 6.45) is 1.67. The Kier molecular flexibility index (Phi) is 6.39. The van der Waals surface area contributed by atoms with E-state index in [1.807, 2.05) is 32.0 Å². The Bertz CT molecular complexity index is 491. The lowest BCUT2D eigenvalue weighted by atomic mass is 10.2. The molecule has 0 unspecified atom stereocenters. The summed E-state index contributed by atoms with van der Waals surface area (Å²) >= 11 is 5.69. The number of nitrogens with zero attached hydrogens (tertiary/aromatic N) is 2. The molecule has 2 aromatic rings. The van der Waals surface area contributed by atoms with Crippen LogP contribution in [0.15, 0.2) is 24.4 Å². The molecule has 0 atom stereocenters. The summed E-state index contributed by atoms with van der Waals surface area (Å²) in [6.45, 7) is 5.09. The van der Waals surface area contributed by atoms with Gasteiger partial charge in [-0.15, -0.1) is 0 Å². The van der Waals surface area contributed by atoms with Crippen LogP contribution in [-0.4, -0.2) is 30.3 Å². The zero-order chi connectivity index (χ0) is 13.4. The van der Waals surface area contributed by atoms with Gasteiger partial charge in [-0.2, -0.15) is 0 Å². The Labute approximate surface area is 112 Å². The van der Waals surface area contributed by atoms with Gasteiger partial charge in [-0.3, -0.25) is 0 Å². The maximum atomic E-state index is 5.69. The van der Waals surface area contributed by atoms with Gasteiger partial charge in [0.2, 0.25) is 5.28 Å². The van der Waals surface area contributed by atoms with Crippen LogP contribution in [0.5, 0.6) is 5.75 Å². The highest BCUT2D eigenvalue weighted by atomic mass is 35.5. The van der Waals surface area contributed by atoms with Gasteiger partial charge in [0.05, 0.1) is 12.1 Å². The molecule has 0 saturated carbocycles. The van der Waals surface area contributed by atoms with Gasteiger partial charge < -0.3 is 9.47 Å². The molecule has 0 N–H and O–H groups in total. The molecule has 0 aliphatic rings. The lowest BCUT2D eigenvalue weighted by molar-refractivity contribution is 0.146. The van der Waals surface area contributed by atoms with E-state index in [9.17, 15) is 0 Å². The number of ether oxygens (including phenoxy) is 2. The molecule has 2 rings (SSSR count). The van der Waals surface area contributed by atoms with Crippen molar-refractivity contribution in [1.29, 1.82) is 0 Å². The van der Waals surface area contributed by atoms with Gasteiger partial charge >= 0.3 is 0 Å². The second kappa shape index (κ2) is 7.84. The quantitative estimate of drug-likeness (QED) is 0.630. The van der Waals surface area contributed by atoms with Crippen molar-refractivity contribution in [3.05, 3.63) is 29.7 Å². The summed E-state index contributed by atoms with van der Waals surface area (Å²) in [7, 11) is 1.64. The minimum atomic E-state index is 0.251. The largest absolute Gasteiger partial charge is 0.491 e. The molecule has 18 heavy (non-hydrogen) atoms. The summed E-state index contributed by atoms with van der Waals surface area (Å²) in [4.78, 5) is 8.01. The van der Waals surface area contributed by atoms with Crippen molar-refractivity contribution in [1.82, 2.24) is 9.97 Å². The van der Waals surface area contributed by atoms with Crippen LogP contribution in [0, 0.1) is 0 Å². The van der Waals surface area contributed by atoms with Crippen molar-refractivity contribution < 1.29 is 9.47 Å². The fraction of sp³-hybridized carbons (Fsp3) is 0.385. The van der Waals surface area contributed by atoms with E-state index < -0.39 is 0 Å². The highest BCUT2D eigenvalue weighted by molar-refractivity contribution is 6.28. The Morgan fingerprint density at radius 2 is 2.00 bits per heavy atom. The third-order valence-corrected chi connectivity index (χ3v) is 2.26. The minimum Gasteiger partial charge on any atom is -0.491 e. The second-order valence-electron chi connectivity index (χ2n) is 3.20. The molecule has 0 bridgehead atoms. The Balaban J connectivity index is 0.000000771. The first-order chi connectivity index (χ1) is 8.79. The molecule has 5 heteroatoms. The van der Waals surface area contributed by atoms with Crippen LogP contribution < -0.4 is 4.74 Å². The van der Waals surface area contributed by atoms with Crippen LogP contribution in [0.3, 0.4) is 0 Å². The highest BCUT2D eigenvalue weighted by Gasteiger charge is 2.00. The molecule has 1 heterocycles. The second-order valence-corrected chi connectivity index (χ2v) is 3.54. The van der Waals surface area contributed by atoms with E-state index in [1.165, 1.54) is 0 Å². The van der Waals surface area contributed by atoms with E-state index in [1.54, 1.807) is 13.3 Å². The summed E-state index contributed by atoms with van der Waals surface area (Å²) < 4.78 is 10.4. The normalized spacial score (nSPS) is 9.78. The first-order valence-corrected chi connectivity index (χ1v) is 6.21. The van der Waals surface area contributed by atoms with Crippen LogP contribution in [0.4, 0.5) is 0 Å². The van der Waals surface area contributed by atoms with E-state index in [4.69, 9.17) is 21.1 Å². The molecule has 0 spiro atoms. The highest BCUT2D eigenvalue weighted by Crippen LogP contribution is 2.19. The van der Waals surface area contributed by atoms with Gasteiger partial charge in [0, 0.05) is 18.7 Å². The molecule has 0 saturated heterocycles. The summed E-state index contributed by atoms with van der Waals surface area (Å²) in [5.74, 6) is 0.774. The summed E-state index contributed by atoms with van der Waals surface area (Å²) in [6, 6.07) is 5.58. The van der Waals surface area contributed by atoms with Gasteiger partial charge in [0.25, 0.3) is 0 Å². The van der Waals surface area contributed by atoms with Gasteiger partial charge in [-0.1, -0.05) is 13.8 Å². The topological polar surface area (TPSA) is 44.2 Å². The van der Waals surface area contributed by atoms with E-state index in [0.29, 0.717) is 13.2 Å². The van der Waals surface area contributed by atoms with Crippen molar-refractivity contribution in [2.24, 2.45) is 0 Å². The van der Waals surface area contributed by atoms with E-state index in [0.717, 1.165) is 16.7 Å². The molecule has 0 radical (unpaired) electrons. The molecular formula is C13H17ClN2O2. The molecular weight excluding hydrogens is 252 g/mol. The maximum Gasteiger partial charge on any atom is 0.222 e. The average Bonchev–Trinajstić information content (AvgIpc) is 2.41. The minimum absolute atomic E-state index is 0.251. The molecule has 98 valence electrons. The van der Waals surface area contributed by atoms with Gasteiger partial charge in [0.1, 0.15) is 12.4 Å². The molecule has 0 aliphatic carbocycles. The first kappa shape index (κ1) is 14.7. The molecule has 0 fully saturated rings. The number of methoxy groups -OCH3 is 1. The first-order valence-electron chi connectivity index (χ1n) is 5.83. The standard InChI is InChI=1S/C11H11ClN2O2.C2H6/c1-15-4-5-16-9-2-3-10-8(6-9)7-13-11(12)14-10;1-2/h2-3,6-7H,4-5H2,1H3;1-2H3. The number of aromatic nitrogens is 2. The van der Waals surface area contributed by atoms with Gasteiger partial charge in [-0.25, -0.2) is 9.97 Å². The van der Waals surface area contributed by atoms with Crippen molar-refractivity contribution in [3.63, 3.8) is 0 Å². The predicted molar refractivity (Wildman–Crippen MR) is 73.3 cm³/mol. The SMILES string of the molecule is CC.COCCOc1ccc2nc(Cl)ncc2c1. The zero-order valence-corrected chi connectivity index (χ0v) is 11.6. The van der Waals surface area contributed by atoms with Crippen LogP contribution in [0.1, 0.15) is 13.8 Å². The van der Waals surface area contributed by atoms with Crippen LogP contribution in [0.2, 0.25) is 5.28 Å². The fourth-order valence-electron chi connectivity index (χ4n) is 1.32. The monoisotopic (exact) mass is 268 g/mol. The summed E-state index contributed by atoms with van der Waals surface area (Å²) in [5, 5.41) is 1.15. The average molecular weight is 269 g/mol. The van der Waals surface area contributed by atoms with Gasteiger partial charge in [-0.05, 0) is 29.8 Å². The van der Waals surface area contributed by atoms with Crippen molar-refractivity contribution in [3.8, 4) is 5.75 Å². The van der Waals surface area contributed by atoms with Crippen LogP contribution >= 0.6 is 11.6 Å². The smallest absolute Gasteiger partial charge is 0.222 e. The molecule has 1 aromatic carbocycles. The zero-order valence-electron chi connectivity index (χ0n) is 10.8. The van der Waals surface area contributed by atoms with Crippen LogP contribution in [-0.2, 0) is 4.74 Å². The lowest BCUT2D eigenvalue weighted by Crippen LogP contribution is -2.04. The number of benzene rings is 1. The molecule has 0 aliphatic heterocycles. The Hall–Kier alpha value is -1.39. The predicted octanol–water partition coefficient (Wildman–Crippen LogP) is 3.33. The molecule has 1 aromatic heterocycles. The summed E-state index contributed by atoms with van der Waals surface area (Å²) in [5.41, 5.74) is 0.805. The number of halogens is 1. The van der Waals surface area contributed by atoms with E-state index >= 15 is 0 Å². The maximum absolute atomic E-state index is 5.69.